The molecule has 0 bridgehead atoms. The SMILES string of the molecule is C#CCCNC(=O)c1csc(C2CCN(C(=O)C=C)CC2)n1. The number of rotatable bonds is 5. The number of hydrogen-bond donors (Lipinski definition) is 1. The Labute approximate surface area is 134 Å². The van der Waals surface area contributed by atoms with Crippen molar-refractivity contribution in [3.63, 3.8) is 0 Å². The van der Waals surface area contributed by atoms with Crippen molar-refractivity contribution >= 4 is 23.2 Å². The highest BCUT2D eigenvalue weighted by Gasteiger charge is 2.25. The number of aromatic nitrogens is 1. The summed E-state index contributed by atoms with van der Waals surface area (Å²) in [6.45, 7) is 5.38. The van der Waals surface area contributed by atoms with Crippen LogP contribution in [0.15, 0.2) is 18.0 Å². The number of nitrogens with one attached hydrogen (secondary N) is 1. The molecule has 0 saturated carbocycles. The zero-order chi connectivity index (χ0) is 15.9. The predicted molar refractivity (Wildman–Crippen MR) is 86.6 cm³/mol. The second kappa shape index (κ2) is 7.76. The quantitative estimate of drug-likeness (QED) is 0.512. The molecule has 1 aliphatic heterocycles. The molecule has 1 aromatic rings. The molecule has 1 saturated heterocycles. The molecule has 22 heavy (non-hydrogen) atoms. The van der Waals surface area contributed by atoms with Gasteiger partial charge in [-0.25, -0.2) is 4.98 Å². The largest absolute Gasteiger partial charge is 0.350 e. The standard InChI is InChI=1S/C16H19N3O2S/c1-3-5-8-17-15(21)13-11-22-16(18-13)12-6-9-19(10-7-12)14(20)4-2/h1,4,11-12H,2,5-10H2,(H,17,21). The Kier molecular flexibility index (Phi) is 5.73. The van der Waals surface area contributed by atoms with E-state index >= 15 is 0 Å². The average molecular weight is 317 g/mol. The molecule has 2 rings (SSSR count). The van der Waals surface area contributed by atoms with E-state index in [-0.39, 0.29) is 11.8 Å². The molecule has 0 aromatic carbocycles. The Morgan fingerprint density at radius 2 is 2.27 bits per heavy atom. The summed E-state index contributed by atoms with van der Waals surface area (Å²) in [6.07, 6.45) is 8.74. The molecule has 0 unspecified atom stereocenters. The van der Waals surface area contributed by atoms with Gasteiger partial charge in [0.2, 0.25) is 5.91 Å². The van der Waals surface area contributed by atoms with Crippen molar-refractivity contribution in [3.8, 4) is 12.3 Å². The fraction of sp³-hybridized carbons (Fsp3) is 0.438. The van der Waals surface area contributed by atoms with E-state index in [1.54, 1.807) is 10.3 Å². The Balaban J connectivity index is 1.90. The monoisotopic (exact) mass is 317 g/mol. The fourth-order valence-electron chi connectivity index (χ4n) is 2.39. The van der Waals surface area contributed by atoms with Crippen molar-refractivity contribution in [1.82, 2.24) is 15.2 Å². The lowest BCUT2D eigenvalue weighted by Crippen LogP contribution is -2.36. The Hall–Kier alpha value is -2.13. The van der Waals surface area contributed by atoms with Gasteiger partial charge in [-0.05, 0) is 18.9 Å². The van der Waals surface area contributed by atoms with Crippen molar-refractivity contribution in [2.75, 3.05) is 19.6 Å². The minimum absolute atomic E-state index is 0.0221. The minimum atomic E-state index is -0.183. The smallest absolute Gasteiger partial charge is 0.270 e. The van der Waals surface area contributed by atoms with Gasteiger partial charge in [0.05, 0.1) is 5.01 Å². The summed E-state index contributed by atoms with van der Waals surface area (Å²) < 4.78 is 0. The normalized spacial score (nSPS) is 15.1. The van der Waals surface area contributed by atoms with Gasteiger partial charge in [-0.1, -0.05) is 6.58 Å². The lowest BCUT2D eigenvalue weighted by atomic mass is 9.97. The van der Waals surface area contributed by atoms with E-state index in [9.17, 15) is 9.59 Å². The van der Waals surface area contributed by atoms with Crippen molar-refractivity contribution in [1.29, 1.82) is 0 Å². The van der Waals surface area contributed by atoms with Gasteiger partial charge in [0.15, 0.2) is 0 Å². The number of nitrogens with zero attached hydrogens (tertiary/aromatic N) is 2. The van der Waals surface area contributed by atoms with Gasteiger partial charge >= 0.3 is 0 Å². The van der Waals surface area contributed by atoms with Crippen LogP contribution >= 0.6 is 11.3 Å². The third-order valence-electron chi connectivity index (χ3n) is 3.64. The van der Waals surface area contributed by atoms with Gasteiger partial charge in [-0.15, -0.1) is 23.7 Å². The number of likely N-dealkylation sites (tertiary alicyclic amines) is 1. The third-order valence-corrected chi connectivity index (χ3v) is 4.65. The molecule has 5 nitrogen and oxygen atoms in total. The maximum atomic E-state index is 11.9. The average Bonchev–Trinajstić information content (AvgIpc) is 3.04. The number of terminal acetylenes is 1. The second-order valence-electron chi connectivity index (χ2n) is 5.08. The lowest BCUT2D eigenvalue weighted by molar-refractivity contribution is -0.127. The molecule has 1 aromatic heterocycles. The van der Waals surface area contributed by atoms with Crippen LogP contribution in [-0.4, -0.2) is 41.3 Å². The second-order valence-corrected chi connectivity index (χ2v) is 5.97. The van der Waals surface area contributed by atoms with E-state index < -0.39 is 0 Å². The fourth-order valence-corrected chi connectivity index (χ4v) is 3.37. The molecule has 1 fully saturated rings. The van der Waals surface area contributed by atoms with Crippen molar-refractivity contribution in [2.45, 2.75) is 25.2 Å². The van der Waals surface area contributed by atoms with Crippen LogP contribution in [0.2, 0.25) is 0 Å². The number of carbonyl (C=O) groups is 2. The van der Waals surface area contributed by atoms with Crippen LogP contribution in [0.5, 0.6) is 0 Å². The molecule has 0 radical (unpaired) electrons. The number of amides is 2. The zero-order valence-corrected chi connectivity index (χ0v) is 13.2. The molecule has 116 valence electrons. The maximum absolute atomic E-state index is 11.9. The molecule has 2 amide bonds. The Morgan fingerprint density at radius 1 is 1.55 bits per heavy atom. The highest BCUT2D eigenvalue weighted by atomic mass is 32.1. The van der Waals surface area contributed by atoms with Crippen LogP contribution in [-0.2, 0) is 4.79 Å². The highest BCUT2D eigenvalue weighted by Crippen LogP contribution is 2.30. The van der Waals surface area contributed by atoms with Gasteiger partial charge in [-0.2, -0.15) is 0 Å². The third kappa shape index (κ3) is 3.95. The van der Waals surface area contributed by atoms with E-state index in [0.29, 0.717) is 37.7 Å². The number of hydrogen-bond acceptors (Lipinski definition) is 4. The first-order valence-electron chi connectivity index (χ1n) is 7.24. The molecule has 0 spiro atoms. The van der Waals surface area contributed by atoms with Gasteiger partial charge in [0.1, 0.15) is 5.69 Å². The first-order valence-corrected chi connectivity index (χ1v) is 8.12. The highest BCUT2D eigenvalue weighted by molar-refractivity contribution is 7.09. The predicted octanol–water partition coefficient (Wildman–Crippen LogP) is 1.79. The van der Waals surface area contributed by atoms with Crippen LogP contribution in [0.4, 0.5) is 0 Å². The van der Waals surface area contributed by atoms with E-state index in [2.05, 4.69) is 22.8 Å². The van der Waals surface area contributed by atoms with E-state index in [0.717, 1.165) is 17.8 Å². The zero-order valence-electron chi connectivity index (χ0n) is 12.4. The molecular weight excluding hydrogens is 298 g/mol. The van der Waals surface area contributed by atoms with Gasteiger partial charge in [0, 0.05) is 37.4 Å². The Bertz CT molecular complexity index is 595. The van der Waals surface area contributed by atoms with Crippen molar-refractivity contribution in [2.24, 2.45) is 0 Å². The van der Waals surface area contributed by atoms with Crippen LogP contribution < -0.4 is 5.32 Å². The summed E-state index contributed by atoms with van der Waals surface area (Å²) in [5.74, 6) is 2.58. The molecular formula is C16H19N3O2S. The number of piperidine rings is 1. The summed E-state index contributed by atoms with van der Waals surface area (Å²) in [4.78, 5) is 29.7. The number of carbonyl (C=O) groups excluding carboxylic acids is 2. The van der Waals surface area contributed by atoms with Crippen LogP contribution in [0.25, 0.3) is 0 Å². The molecule has 6 heteroatoms. The summed E-state index contributed by atoms with van der Waals surface area (Å²) in [5.41, 5.74) is 0.446. The van der Waals surface area contributed by atoms with Crippen LogP contribution in [0.1, 0.15) is 40.7 Å². The minimum Gasteiger partial charge on any atom is -0.350 e. The number of thiazole rings is 1. The van der Waals surface area contributed by atoms with E-state index in [1.807, 2.05) is 0 Å². The molecule has 2 heterocycles. The van der Waals surface area contributed by atoms with E-state index in [4.69, 9.17) is 6.42 Å². The van der Waals surface area contributed by atoms with Crippen molar-refractivity contribution < 1.29 is 9.59 Å². The van der Waals surface area contributed by atoms with Crippen LogP contribution in [0.3, 0.4) is 0 Å². The molecule has 1 N–H and O–H groups in total. The topological polar surface area (TPSA) is 62.3 Å². The van der Waals surface area contributed by atoms with Crippen molar-refractivity contribution in [3.05, 3.63) is 28.7 Å². The van der Waals surface area contributed by atoms with Crippen LogP contribution in [0, 0.1) is 12.3 Å². The summed E-state index contributed by atoms with van der Waals surface area (Å²) >= 11 is 1.50. The lowest BCUT2D eigenvalue weighted by Gasteiger charge is -2.30. The summed E-state index contributed by atoms with van der Waals surface area (Å²) in [5, 5.41) is 5.49. The molecule has 0 aliphatic carbocycles. The molecule has 1 aliphatic rings. The molecule has 0 atom stereocenters. The first-order chi connectivity index (χ1) is 10.7. The van der Waals surface area contributed by atoms with E-state index in [1.165, 1.54) is 17.4 Å². The maximum Gasteiger partial charge on any atom is 0.270 e. The van der Waals surface area contributed by atoms with Gasteiger partial charge in [0.25, 0.3) is 5.91 Å². The summed E-state index contributed by atoms with van der Waals surface area (Å²) in [7, 11) is 0. The Morgan fingerprint density at radius 3 is 2.91 bits per heavy atom. The first kappa shape index (κ1) is 16.2. The summed E-state index contributed by atoms with van der Waals surface area (Å²) in [6, 6.07) is 0. The van der Waals surface area contributed by atoms with Gasteiger partial charge in [-0.3, -0.25) is 9.59 Å². The van der Waals surface area contributed by atoms with Gasteiger partial charge < -0.3 is 10.2 Å².